The lowest BCUT2D eigenvalue weighted by molar-refractivity contribution is 0.0664. The topological polar surface area (TPSA) is 67.5 Å². The van der Waals surface area contributed by atoms with E-state index in [4.69, 9.17) is 5.73 Å². The Morgan fingerprint density at radius 2 is 1.67 bits per heavy atom. The second-order valence-electron chi connectivity index (χ2n) is 11.1. The third-order valence-electron chi connectivity index (χ3n) is 9.01. The maximum absolute atomic E-state index is 14.2. The van der Waals surface area contributed by atoms with Crippen molar-refractivity contribution >= 4 is 46.6 Å². The van der Waals surface area contributed by atoms with Crippen molar-refractivity contribution < 1.29 is 4.79 Å². The molecule has 6 rings (SSSR count). The van der Waals surface area contributed by atoms with Crippen LogP contribution < -0.4 is 21.5 Å². The van der Waals surface area contributed by atoms with E-state index >= 15 is 0 Å². The molecule has 0 spiro atoms. The summed E-state index contributed by atoms with van der Waals surface area (Å²) in [5.41, 5.74) is 6.21. The van der Waals surface area contributed by atoms with E-state index in [1.54, 1.807) is 29.7 Å². The van der Waals surface area contributed by atoms with E-state index in [0.29, 0.717) is 11.9 Å². The highest BCUT2D eigenvalue weighted by Crippen LogP contribution is 2.51. The van der Waals surface area contributed by atoms with E-state index < -0.39 is 0 Å². The maximum Gasteiger partial charge on any atom is 0.188 e. The average molecular weight is 554 g/mol. The number of Topliss-reactive ketones (excluding diaryl/α,β-unsaturated/α-hetero) is 1. The molecule has 3 aliphatic carbocycles. The first-order valence-electron chi connectivity index (χ1n) is 14.0. The summed E-state index contributed by atoms with van der Waals surface area (Å²) < 4.78 is 0. The van der Waals surface area contributed by atoms with Crippen molar-refractivity contribution in [1.82, 2.24) is 5.32 Å². The number of nitrogens with one attached hydrogen (secondary N) is 1. The van der Waals surface area contributed by atoms with Crippen molar-refractivity contribution in [2.75, 3.05) is 7.05 Å². The molecule has 0 bridgehead atoms. The van der Waals surface area contributed by atoms with Gasteiger partial charge in [0, 0.05) is 28.3 Å². The lowest BCUT2D eigenvalue weighted by atomic mass is 9.58. The van der Waals surface area contributed by atoms with Gasteiger partial charge in [0.15, 0.2) is 11.7 Å². The first-order valence-corrected chi connectivity index (χ1v) is 15.6. The zero-order valence-electron chi connectivity index (χ0n) is 22.6. The lowest BCUT2D eigenvalue weighted by Gasteiger charge is -2.49. The quantitative estimate of drug-likeness (QED) is 0.192. The van der Waals surface area contributed by atoms with Gasteiger partial charge in [0.05, 0.1) is 9.75 Å². The molecular weight excluding hydrogens is 519 g/mol. The summed E-state index contributed by atoms with van der Waals surface area (Å²) in [4.78, 5) is 22.7. The monoisotopic (exact) mass is 553 g/mol. The molecule has 6 heteroatoms. The molecular formula is C33H35N3OS2. The Morgan fingerprint density at radius 1 is 0.974 bits per heavy atom. The Hall–Kier alpha value is -3.14. The molecule has 4 atom stereocenters. The summed E-state index contributed by atoms with van der Waals surface area (Å²) in [7, 11) is 1.75. The van der Waals surface area contributed by atoms with Crippen molar-refractivity contribution in [3.8, 4) is 21.6 Å². The normalized spacial score (nSPS) is 25.3. The predicted molar refractivity (Wildman–Crippen MR) is 164 cm³/mol. The number of nitrogens with two attached hydrogens (primary N) is 1. The SMILES string of the molecule is CC#Cc1ccc(-c2ccc(C(=O)[C@H]3CC[C@H](C4(NC(N)=NC)CCCC4)[C@@H]4C=c5ccccc5=C[C@H]43)s2)s1. The standard InChI is InChI=1S/C33H35N3OS2/c1-3-8-23-11-14-28(38-23)29-15-16-30(39-29)31(37)24-12-13-27(33(17-6-7-18-33)36-32(34)35-2)26-20-22-10-5-4-9-21(22)19-25(24)26/h4-5,9-11,14-16,19-20,24-27H,6-7,12-13,17-18H2,1-2H3,(H3,34,35,36)/t24-,25-,26+,27-/m0/s1. The molecule has 0 unspecified atom stereocenters. The Kier molecular flexibility index (Phi) is 7.22. The molecule has 0 saturated heterocycles. The van der Waals surface area contributed by atoms with Crippen LogP contribution in [0, 0.1) is 35.5 Å². The highest BCUT2D eigenvalue weighted by atomic mass is 32.1. The van der Waals surface area contributed by atoms with Crippen LogP contribution in [0.15, 0.2) is 53.5 Å². The number of benzene rings is 1. The van der Waals surface area contributed by atoms with E-state index in [1.807, 2.05) is 13.0 Å². The number of thiophene rings is 2. The summed E-state index contributed by atoms with van der Waals surface area (Å²) in [5, 5.41) is 6.21. The van der Waals surface area contributed by atoms with E-state index in [1.165, 1.54) is 28.2 Å². The molecule has 1 aromatic carbocycles. The minimum atomic E-state index is -0.0640. The van der Waals surface area contributed by atoms with Gasteiger partial charge in [0.1, 0.15) is 0 Å². The zero-order valence-corrected chi connectivity index (χ0v) is 24.2. The molecule has 2 heterocycles. The van der Waals surface area contributed by atoms with Crippen molar-refractivity contribution in [3.63, 3.8) is 0 Å². The van der Waals surface area contributed by atoms with Crippen LogP contribution in [0.1, 0.15) is 60.0 Å². The number of ketones is 1. The molecule has 0 amide bonds. The fourth-order valence-corrected chi connectivity index (χ4v) is 9.28. The van der Waals surface area contributed by atoms with E-state index in [2.05, 4.69) is 76.8 Å². The number of fused-ring (bicyclic) bond motifs is 2. The van der Waals surface area contributed by atoms with Crippen molar-refractivity contribution in [2.24, 2.45) is 34.4 Å². The van der Waals surface area contributed by atoms with Crippen LogP contribution in [-0.4, -0.2) is 24.3 Å². The molecule has 2 fully saturated rings. The van der Waals surface area contributed by atoms with Crippen LogP contribution in [-0.2, 0) is 0 Å². The largest absolute Gasteiger partial charge is 0.370 e. The zero-order chi connectivity index (χ0) is 27.0. The van der Waals surface area contributed by atoms with Crippen LogP contribution >= 0.6 is 22.7 Å². The van der Waals surface area contributed by atoms with Gasteiger partial charge in [-0.15, -0.1) is 28.6 Å². The van der Waals surface area contributed by atoms with Gasteiger partial charge in [-0.25, -0.2) is 0 Å². The lowest BCUT2D eigenvalue weighted by Crippen LogP contribution is -2.59. The number of carbonyl (C=O) groups is 1. The molecule has 4 nitrogen and oxygen atoms in total. The van der Waals surface area contributed by atoms with E-state index in [0.717, 1.165) is 40.3 Å². The molecule has 0 radical (unpaired) electrons. The molecule has 3 aliphatic rings. The van der Waals surface area contributed by atoms with Gasteiger partial charge < -0.3 is 11.1 Å². The Labute approximate surface area is 238 Å². The number of aliphatic imine (C=N–C) groups is 1. The van der Waals surface area contributed by atoms with Gasteiger partial charge in [-0.2, -0.15) is 0 Å². The summed E-state index contributed by atoms with van der Waals surface area (Å²) in [6.07, 6.45) is 11.4. The fraction of sp³-hybridized carbons (Fsp3) is 0.394. The summed E-state index contributed by atoms with van der Waals surface area (Å²) in [6.45, 7) is 1.86. The van der Waals surface area contributed by atoms with E-state index in [-0.39, 0.29) is 29.1 Å². The first kappa shape index (κ1) is 26.1. The van der Waals surface area contributed by atoms with Crippen molar-refractivity contribution in [3.05, 3.63) is 68.7 Å². The van der Waals surface area contributed by atoms with Crippen molar-refractivity contribution in [2.45, 2.75) is 51.0 Å². The van der Waals surface area contributed by atoms with Crippen LogP contribution in [0.3, 0.4) is 0 Å². The van der Waals surface area contributed by atoms with Gasteiger partial charge in [-0.3, -0.25) is 9.79 Å². The molecule has 0 aliphatic heterocycles. The molecule has 2 saturated carbocycles. The number of nitrogens with zero attached hydrogens (tertiary/aromatic N) is 1. The molecule has 3 N–H and O–H groups in total. The van der Waals surface area contributed by atoms with Crippen LogP contribution in [0.4, 0.5) is 0 Å². The highest BCUT2D eigenvalue weighted by molar-refractivity contribution is 7.23. The van der Waals surface area contributed by atoms with Gasteiger partial charge in [0.25, 0.3) is 0 Å². The van der Waals surface area contributed by atoms with Crippen LogP contribution in [0.25, 0.3) is 21.9 Å². The molecule has 2 aromatic heterocycles. The summed E-state index contributed by atoms with van der Waals surface area (Å²) in [5.74, 6) is 7.76. The fourth-order valence-electron chi connectivity index (χ4n) is 7.27. The third-order valence-corrected chi connectivity index (χ3v) is 11.3. The molecule has 39 heavy (non-hydrogen) atoms. The minimum Gasteiger partial charge on any atom is -0.370 e. The smallest absolute Gasteiger partial charge is 0.188 e. The number of hydrogen-bond acceptors (Lipinski definition) is 4. The van der Waals surface area contributed by atoms with Crippen molar-refractivity contribution in [1.29, 1.82) is 0 Å². The van der Waals surface area contributed by atoms with Gasteiger partial charge in [-0.05, 0) is 85.1 Å². The second-order valence-corrected chi connectivity index (χ2v) is 13.2. The molecule has 200 valence electrons. The van der Waals surface area contributed by atoms with Crippen LogP contribution in [0.5, 0.6) is 0 Å². The van der Waals surface area contributed by atoms with Gasteiger partial charge in [-0.1, -0.05) is 55.2 Å². The van der Waals surface area contributed by atoms with Gasteiger partial charge in [0.2, 0.25) is 0 Å². The Balaban J connectivity index is 1.34. The number of rotatable bonds is 5. The number of hydrogen-bond donors (Lipinski definition) is 2. The Morgan fingerprint density at radius 3 is 2.38 bits per heavy atom. The maximum atomic E-state index is 14.2. The number of carbonyl (C=O) groups excluding carboxylic acids is 1. The van der Waals surface area contributed by atoms with Gasteiger partial charge >= 0.3 is 0 Å². The van der Waals surface area contributed by atoms with Crippen LogP contribution in [0.2, 0.25) is 0 Å². The Bertz CT molecular complexity index is 1590. The third kappa shape index (κ3) is 4.88. The van der Waals surface area contributed by atoms with E-state index in [9.17, 15) is 4.79 Å². The second kappa shape index (κ2) is 10.8. The predicted octanol–water partition coefficient (Wildman–Crippen LogP) is 5.41. The minimum absolute atomic E-state index is 0.0251. The number of guanidine groups is 1. The summed E-state index contributed by atoms with van der Waals surface area (Å²) >= 11 is 3.31. The summed E-state index contributed by atoms with van der Waals surface area (Å²) in [6, 6.07) is 16.9. The first-order chi connectivity index (χ1) is 19.0. The molecule has 3 aromatic rings. The average Bonchev–Trinajstić information content (AvgIpc) is 3.73. The highest BCUT2D eigenvalue weighted by Gasteiger charge is 2.51.